The van der Waals surface area contributed by atoms with Crippen LogP contribution in [-0.2, 0) is 16.0 Å². The number of morpholine rings is 1. The van der Waals surface area contributed by atoms with E-state index in [9.17, 15) is 4.79 Å². The number of ether oxygens (including phenoxy) is 1. The summed E-state index contributed by atoms with van der Waals surface area (Å²) in [5, 5.41) is 0. The van der Waals surface area contributed by atoms with Gasteiger partial charge in [0.1, 0.15) is 0 Å². The maximum atomic E-state index is 12.5. The lowest BCUT2D eigenvalue weighted by Crippen LogP contribution is -2.54. The number of imidazole rings is 1. The molecule has 5 heteroatoms. The van der Waals surface area contributed by atoms with Crippen molar-refractivity contribution in [1.82, 2.24) is 14.9 Å². The first-order valence-corrected chi connectivity index (χ1v) is 7.12. The zero-order valence-corrected chi connectivity index (χ0v) is 11.4. The second-order valence-corrected chi connectivity index (χ2v) is 5.57. The summed E-state index contributed by atoms with van der Waals surface area (Å²) in [4.78, 5) is 21.8. The highest BCUT2D eigenvalue weighted by Gasteiger charge is 2.36. The van der Waals surface area contributed by atoms with Gasteiger partial charge in [-0.3, -0.25) is 4.79 Å². The number of aromatic amines is 1. The van der Waals surface area contributed by atoms with E-state index in [1.807, 2.05) is 11.8 Å². The highest BCUT2D eigenvalue weighted by atomic mass is 16.5. The van der Waals surface area contributed by atoms with E-state index in [0.29, 0.717) is 25.6 Å². The van der Waals surface area contributed by atoms with Crippen LogP contribution < -0.4 is 0 Å². The number of amides is 1. The van der Waals surface area contributed by atoms with E-state index in [2.05, 4.69) is 9.97 Å². The number of nitrogens with one attached hydrogen (secondary N) is 1. The summed E-state index contributed by atoms with van der Waals surface area (Å²) < 4.78 is 5.56. The highest BCUT2D eigenvalue weighted by Crippen LogP contribution is 2.33. The molecule has 0 spiro atoms. The molecule has 1 N–H and O–H groups in total. The molecule has 1 saturated carbocycles. The summed E-state index contributed by atoms with van der Waals surface area (Å²) in [6.45, 7) is 4.05. The first kappa shape index (κ1) is 12.7. The first-order valence-electron chi connectivity index (χ1n) is 7.12. The fourth-order valence-electron chi connectivity index (χ4n) is 2.96. The number of H-pyrrole nitrogens is 1. The van der Waals surface area contributed by atoms with Gasteiger partial charge < -0.3 is 14.6 Å². The predicted molar refractivity (Wildman–Crippen MR) is 70.7 cm³/mol. The molecule has 1 atom stereocenters. The van der Waals surface area contributed by atoms with Gasteiger partial charge >= 0.3 is 0 Å². The Kier molecular flexibility index (Phi) is 3.55. The molecule has 0 radical (unpaired) electrons. The highest BCUT2D eigenvalue weighted by molar-refractivity contribution is 5.79. The Morgan fingerprint density at radius 2 is 2.42 bits per heavy atom. The zero-order valence-electron chi connectivity index (χ0n) is 11.4. The fourth-order valence-corrected chi connectivity index (χ4v) is 2.96. The number of hydrogen-bond donors (Lipinski definition) is 1. The van der Waals surface area contributed by atoms with Gasteiger partial charge in [0.05, 0.1) is 37.7 Å². The third-order valence-electron chi connectivity index (χ3n) is 4.43. The maximum Gasteiger partial charge on any atom is 0.229 e. The van der Waals surface area contributed by atoms with Gasteiger partial charge in [0.15, 0.2) is 0 Å². The Hall–Kier alpha value is -1.36. The van der Waals surface area contributed by atoms with E-state index in [1.165, 1.54) is 19.3 Å². The molecule has 0 aromatic carbocycles. The second-order valence-electron chi connectivity index (χ2n) is 5.57. The summed E-state index contributed by atoms with van der Waals surface area (Å²) in [6, 6.07) is 0.286. The third kappa shape index (κ3) is 2.52. The Bertz CT molecular complexity index is 453. The monoisotopic (exact) mass is 263 g/mol. The van der Waals surface area contributed by atoms with Gasteiger partial charge in [-0.2, -0.15) is 0 Å². The van der Waals surface area contributed by atoms with E-state index >= 15 is 0 Å². The van der Waals surface area contributed by atoms with Crippen LogP contribution in [0.3, 0.4) is 0 Å². The van der Waals surface area contributed by atoms with Crippen LogP contribution in [0, 0.1) is 12.8 Å². The number of carbonyl (C=O) groups is 1. The molecule has 0 unspecified atom stereocenters. The summed E-state index contributed by atoms with van der Waals surface area (Å²) in [6.07, 6.45) is 5.82. The van der Waals surface area contributed by atoms with Crippen molar-refractivity contribution in [3.63, 3.8) is 0 Å². The average Bonchev–Trinajstić information content (AvgIpc) is 2.73. The number of rotatable bonds is 3. The molecule has 19 heavy (non-hydrogen) atoms. The third-order valence-corrected chi connectivity index (χ3v) is 4.43. The summed E-state index contributed by atoms with van der Waals surface area (Å²) in [5.74, 6) is 0.833. The molecule has 1 aromatic rings. The predicted octanol–water partition coefficient (Wildman–Crippen LogP) is 1.29. The molecule has 1 aromatic heterocycles. The minimum atomic E-state index is 0.190. The van der Waals surface area contributed by atoms with Crippen molar-refractivity contribution >= 4 is 5.91 Å². The van der Waals surface area contributed by atoms with Crippen LogP contribution in [0.25, 0.3) is 0 Å². The van der Waals surface area contributed by atoms with E-state index in [-0.39, 0.29) is 11.9 Å². The van der Waals surface area contributed by atoms with Crippen LogP contribution >= 0.6 is 0 Å². The molecular formula is C14H21N3O2. The van der Waals surface area contributed by atoms with Crippen LogP contribution in [0.15, 0.2) is 6.33 Å². The Balaban J connectivity index is 1.68. The quantitative estimate of drug-likeness (QED) is 0.894. The van der Waals surface area contributed by atoms with E-state index in [1.54, 1.807) is 6.33 Å². The maximum absolute atomic E-state index is 12.5. The molecule has 1 aliphatic carbocycles. The van der Waals surface area contributed by atoms with Crippen molar-refractivity contribution in [2.75, 3.05) is 19.8 Å². The Morgan fingerprint density at radius 3 is 3.05 bits per heavy atom. The van der Waals surface area contributed by atoms with Crippen LogP contribution in [0.1, 0.15) is 30.7 Å². The standard InChI is InChI=1S/C14H21N3O2/c1-10-12(16-9-15-10)7-14(18)17-5-6-19-8-13(17)11-3-2-4-11/h9,11,13H,2-8H2,1H3,(H,15,16)/t13-/m0/s1. The molecule has 1 saturated heterocycles. The molecule has 1 amide bonds. The van der Waals surface area contributed by atoms with Gasteiger partial charge in [0.2, 0.25) is 5.91 Å². The molecule has 2 heterocycles. The number of hydrogen-bond acceptors (Lipinski definition) is 3. The van der Waals surface area contributed by atoms with Crippen molar-refractivity contribution < 1.29 is 9.53 Å². The smallest absolute Gasteiger partial charge is 0.229 e. The van der Waals surface area contributed by atoms with E-state index in [4.69, 9.17) is 4.74 Å². The van der Waals surface area contributed by atoms with Gasteiger partial charge in [0.25, 0.3) is 0 Å². The molecule has 3 rings (SSSR count). The molecular weight excluding hydrogens is 242 g/mol. The van der Waals surface area contributed by atoms with E-state index < -0.39 is 0 Å². The van der Waals surface area contributed by atoms with Crippen molar-refractivity contribution in [2.45, 2.75) is 38.6 Å². The molecule has 2 fully saturated rings. The van der Waals surface area contributed by atoms with Crippen LogP contribution in [0.5, 0.6) is 0 Å². The van der Waals surface area contributed by atoms with Crippen LogP contribution in [-0.4, -0.2) is 46.6 Å². The number of carbonyl (C=O) groups excluding carboxylic acids is 1. The number of aryl methyl sites for hydroxylation is 1. The summed E-state index contributed by atoms with van der Waals surface area (Å²) in [7, 11) is 0. The van der Waals surface area contributed by atoms with Crippen molar-refractivity contribution in [2.24, 2.45) is 5.92 Å². The molecule has 0 bridgehead atoms. The molecule has 1 aliphatic heterocycles. The summed E-state index contributed by atoms with van der Waals surface area (Å²) in [5.41, 5.74) is 1.85. The summed E-state index contributed by atoms with van der Waals surface area (Å²) >= 11 is 0. The van der Waals surface area contributed by atoms with Gasteiger partial charge in [-0.25, -0.2) is 4.98 Å². The molecule has 104 valence electrons. The zero-order chi connectivity index (χ0) is 13.2. The van der Waals surface area contributed by atoms with Crippen molar-refractivity contribution in [1.29, 1.82) is 0 Å². The van der Waals surface area contributed by atoms with Crippen LogP contribution in [0.2, 0.25) is 0 Å². The average molecular weight is 263 g/mol. The van der Waals surface area contributed by atoms with Gasteiger partial charge in [0, 0.05) is 12.2 Å². The minimum Gasteiger partial charge on any atom is -0.377 e. The van der Waals surface area contributed by atoms with Gasteiger partial charge in [-0.05, 0) is 25.7 Å². The second kappa shape index (κ2) is 5.33. The van der Waals surface area contributed by atoms with Crippen molar-refractivity contribution in [3.05, 3.63) is 17.7 Å². The lowest BCUT2D eigenvalue weighted by molar-refractivity contribution is -0.143. The fraction of sp³-hybridized carbons (Fsp3) is 0.714. The largest absolute Gasteiger partial charge is 0.377 e. The number of nitrogens with zero attached hydrogens (tertiary/aromatic N) is 2. The SMILES string of the molecule is Cc1[nH]cnc1CC(=O)N1CCOC[C@H]1C1CCC1. The normalized spacial score (nSPS) is 24.3. The van der Waals surface area contributed by atoms with E-state index in [0.717, 1.165) is 17.9 Å². The lowest BCUT2D eigenvalue weighted by atomic mass is 9.79. The van der Waals surface area contributed by atoms with Crippen molar-refractivity contribution in [3.8, 4) is 0 Å². The Labute approximate surface area is 113 Å². The lowest BCUT2D eigenvalue weighted by Gasteiger charge is -2.43. The molecule has 5 nitrogen and oxygen atoms in total. The van der Waals surface area contributed by atoms with Gasteiger partial charge in [-0.1, -0.05) is 6.42 Å². The molecule has 2 aliphatic rings. The topological polar surface area (TPSA) is 58.2 Å². The number of aromatic nitrogens is 2. The van der Waals surface area contributed by atoms with Gasteiger partial charge in [-0.15, -0.1) is 0 Å². The first-order chi connectivity index (χ1) is 9.25. The minimum absolute atomic E-state index is 0.190. The van der Waals surface area contributed by atoms with Crippen LogP contribution in [0.4, 0.5) is 0 Å². The Morgan fingerprint density at radius 1 is 1.58 bits per heavy atom.